The van der Waals surface area contributed by atoms with E-state index in [0.29, 0.717) is 6.04 Å². The van der Waals surface area contributed by atoms with Crippen molar-refractivity contribution in [2.75, 3.05) is 6.54 Å². The number of aliphatic hydroxyl groups is 1. The van der Waals surface area contributed by atoms with Crippen LogP contribution in [0, 0.1) is 5.92 Å². The molecule has 0 amide bonds. The summed E-state index contributed by atoms with van der Waals surface area (Å²) in [5, 5.41) is 13.1. The Hall–Kier alpha value is -0.0800. The molecule has 0 saturated heterocycles. The lowest BCUT2D eigenvalue weighted by atomic mass is 9.92. The lowest BCUT2D eigenvalue weighted by molar-refractivity contribution is 0.0906. The molecule has 70 valence electrons. The first kappa shape index (κ1) is 8.52. The minimum absolute atomic E-state index is 0.0718. The third kappa shape index (κ3) is 2.20. The number of nitrogens with one attached hydrogen (secondary N) is 1. The molecule has 0 aromatic carbocycles. The second-order valence-electron chi connectivity index (χ2n) is 4.31. The van der Waals surface area contributed by atoms with Crippen molar-refractivity contribution in [3.05, 3.63) is 0 Å². The SMILES string of the molecule is O[C@@H]1CCCC[C@H]1NCC1CC1. The van der Waals surface area contributed by atoms with Gasteiger partial charge in [0.25, 0.3) is 0 Å². The van der Waals surface area contributed by atoms with Crippen molar-refractivity contribution in [3.8, 4) is 0 Å². The highest BCUT2D eigenvalue weighted by Gasteiger charge is 2.26. The first-order valence-corrected chi connectivity index (χ1v) is 5.28. The van der Waals surface area contributed by atoms with Crippen molar-refractivity contribution in [1.29, 1.82) is 0 Å². The summed E-state index contributed by atoms with van der Waals surface area (Å²) in [5.74, 6) is 0.930. The number of rotatable bonds is 3. The fraction of sp³-hybridized carbons (Fsp3) is 1.00. The molecule has 0 aromatic rings. The van der Waals surface area contributed by atoms with E-state index >= 15 is 0 Å². The summed E-state index contributed by atoms with van der Waals surface area (Å²) in [7, 11) is 0. The smallest absolute Gasteiger partial charge is 0.0693 e. The van der Waals surface area contributed by atoms with Crippen LogP contribution >= 0.6 is 0 Å². The highest BCUT2D eigenvalue weighted by molar-refractivity contribution is 4.83. The van der Waals surface area contributed by atoms with E-state index in [4.69, 9.17) is 0 Å². The lowest BCUT2D eigenvalue weighted by Crippen LogP contribution is -2.42. The Morgan fingerprint density at radius 2 is 1.83 bits per heavy atom. The largest absolute Gasteiger partial charge is 0.392 e. The van der Waals surface area contributed by atoms with Gasteiger partial charge in [0.1, 0.15) is 0 Å². The average molecular weight is 169 g/mol. The maximum Gasteiger partial charge on any atom is 0.0693 e. The van der Waals surface area contributed by atoms with Gasteiger partial charge < -0.3 is 10.4 Å². The highest BCUT2D eigenvalue weighted by Crippen LogP contribution is 2.28. The molecule has 0 radical (unpaired) electrons. The van der Waals surface area contributed by atoms with Gasteiger partial charge in [-0.1, -0.05) is 12.8 Å². The van der Waals surface area contributed by atoms with Crippen LogP contribution in [0.25, 0.3) is 0 Å². The zero-order valence-electron chi connectivity index (χ0n) is 7.63. The van der Waals surface area contributed by atoms with E-state index < -0.39 is 0 Å². The molecule has 0 aliphatic heterocycles. The molecule has 2 N–H and O–H groups in total. The minimum atomic E-state index is -0.0718. The molecule has 2 nitrogen and oxygen atoms in total. The first-order chi connectivity index (χ1) is 5.86. The fourth-order valence-corrected chi connectivity index (χ4v) is 1.99. The standard InChI is InChI=1S/C10H19NO/c12-10-4-2-1-3-9(10)11-7-8-5-6-8/h8-12H,1-7H2/t9-,10-/m1/s1. The van der Waals surface area contributed by atoms with Crippen LogP contribution in [-0.2, 0) is 0 Å². The maximum absolute atomic E-state index is 9.64. The van der Waals surface area contributed by atoms with Crippen molar-refractivity contribution in [1.82, 2.24) is 5.32 Å². The molecule has 2 rings (SSSR count). The van der Waals surface area contributed by atoms with E-state index in [9.17, 15) is 5.11 Å². The van der Waals surface area contributed by atoms with Gasteiger partial charge in [-0.25, -0.2) is 0 Å². The Morgan fingerprint density at radius 3 is 2.50 bits per heavy atom. The van der Waals surface area contributed by atoms with E-state index in [-0.39, 0.29) is 6.10 Å². The zero-order valence-corrected chi connectivity index (χ0v) is 7.63. The quantitative estimate of drug-likeness (QED) is 0.667. The van der Waals surface area contributed by atoms with Crippen LogP contribution in [0.15, 0.2) is 0 Å². The monoisotopic (exact) mass is 169 g/mol. The predicted octanol–water partition coefficient (Wildman–Crippen LogP) is 1.29. The highest BCUT2D eigenvalue weighted by atomic mass is 16.3. The normalized spacial score (nSPS) is 36.8. The lowest BCUT2D eigenvalue weighted by Gasteiger charge is -2.28. The second kappa shape index (κ2) is 3.75. The molecule has 2 fully saturated rings. The van der Waals surface area contributed by atoms with E-state index in [1.54, 1.807) is 0 Å². The van der Waals surface area contributed by atoms with Gasteiger partial charge in [0.05, 0.1) is 6.10 Å². The van der Waals surface area contributed by atoms with Crippen LogP contribution in [0.3, 0.4) is 0 Å². The molecule has 2 aliphatic rings. The van der Waals surface area contributed by atoms with E-state index in [2.05, 4.69) is 5.32 Å². The Labute approximate surface area is 74.4 Å². The Bertz CT molecular complexity index is 145. The summed E-state index contributed by atoms with van der Waals surface area (Å²) in [5.41, 5.74) is 0. The van der Waals surface area contributed by atoms with E-state index in [1.165, 1.54) is 32.1 Å². The molecular formula is C10H19NO. The van der Waals surface area contributed by atoms with Crippen molar-refractivity contribution in [2.45, 2.75) is 50.7 Å². The van der Waals surface area contributed by atoms with Gasteiger partial charge >= 0.3 is 0 Å². The van der Waals surface area contributed by atoms with Crippen LogP contribution < -0.4 is 5.32 Å². The molecule has 0 heterocycles. The number of hydrogen-bond donors (Lipinski definition) is 2. The van der Waals surface area contributed by atoms with Crippen LogP contribution in [0.1, 0.15) is 38.5 Å². The molecule has 2 saturated carbocycles. The number of aliphatic hydroxyl groups excluding tert-OH is 1. The summed E-state index contributed by atoms with van der Waals surface area (Å²) in [6.07, 6.45) is 7.40. The Kier molecular flexibility index (Phi) is 2.66. The third-order valence-corrected chi connectivity index (χ3v) is 3.10. The summed E-state index contributed by atoms with van der Waals surface area (Å²) >= 11 is 0. The third-order valence-electron chi connectivity index (χ3n) is 3.10. The van der Waals surface area contributed by atoms with Gasteiger partial charge in [-0.3, -0.25) is 0 Å². The fourth-order valence-electron chi connectivity index (χ4n) is 1.99. The van der Waals surface area contributed by atoms with E-state index in [0.717, 1.165) is 18.9 Å². The average Bonchev–Trinajstić information content (AvgIpc) is 2.86. The Balaban J connectivity index is 1.68. The van der Waals surface area contributed by atoms with E-state index in [1.807, 2.05) is 0 Å². The van der Waals surface area contributed by atoms with Gasteiger partial charge in [0, 0.05) is 6.04 Å². The minimum Gasteiger partial charge on any atom is -0.392 e. The molecule has 0 aromatic heterocycles. The summed E-state index contributed by atoms with van der Waals surface area (Å²) in [6.45, 7) is 1.14. The Morgan fingerprint density at radius 1 is 1.08 bits per heavy atom. The van der Waals surface area contributed by atoms with Crippen LogP contribution in [-0.4, -0.2) is 23.8 Å². The van der Waals surface area contributed by atoms with Crippen LogP contribution in [0.5, 0.6) is 0 Å². The van der Waals surface area contributed by atoms with Gasteiger partial charge in [0.15, 0.2) is 0 Å². The first-order valence-electron chi connectivity index (χ1n) is 5.28. The van der Waals surface area contributed by atoms with Crippen molar-refractivity contribution in [3.63, 3.8) is 0 Å². The number of hydrogen-bond acceptors (Lipinski definition) is 2. The van der Waals surface area contributed by atoms with Gasteiger partial charge in [-0.05, 0) is 38.1 Å². The summed E-state index contributed by atoms with van der Waals surface area (Å²) < 4.78 is 0. The van der Waals surface area contributed by atoms with Gasteiger partial charge in [-0.2, -0.15) is 0 Å². The molecule has 12 heavy (non-hydrogen) atoms. The molecule has 2 aliphatic carbocycles. The summed E-state index contributed by atoms with van der Waals surface area (Å²) in [4.78, 5) is 0. The molecule has 2 heteroatoms. The predicted molar refractivity (Wildman–Crippen MR) is 49.0 cm³/mol. The summed E-state index contributed by atoms with van der Waals surface area (Å²) in [6, 6.07) is 0.402. The zero-order chi connectivity index (χ0) is 8.39. The topological polar surface area (TPSA) is 32.3 Å². The molecule has 2 atom stereocenters. The van der Waals surface area contributed by atoms with Crippen LogP contribution in [0.4, 0.5) is 0 Å². The molecule has 0 spiro atoms. The second-order valence-corrected chi connectivity index (χ2v) is 4.31. The van der Waals surface area contributed by atoms with Crippen molar-refractivity contribution >= 4 is 0 Å². The maximum atomic E-state index is 9.64. The molecule has 0 bridgehead atoms. The van der Waals surface area contributed by atoms with Gasteiger partial charge in [0.2, 0.25) is 0 Å². The van der Waals surface area contributed by atoms with Crippen molar-refractivity contribution in [2.24, 2.45) is 5.92 Å². The van der Waals surface area contributed by atoms with Gasteiger partial charge in [-0.15, -0.1) is 0 Å². The molecular weight excluding hydrogens is 150 g/mol. The molecule has 0 unspecified atom stereocenters. The van der Waals surface area contributed by atoms with Crippen molar-refractivity contribution < 1.29 is 5.11 Å². The van der Waals surface area contributed by atoms with Crippen LogP contribution in [0.2, 0.25) is 0 Å².